The van der Waals surface area contributed by atoms with Crippen LogP contribution in [0.3, 0.4) is 0 Å². The lowest BCUT2D eigenvalue weighted by Crippen LogP contribution is -2.27. The van der Waals surface area contributed by atoms with E-state index in [0.717, 1.165) is 0 Å². The fourth-order valence-electron chi connectivity index (χ4n) is 0.671. The molecule has 3 nitrogen and oxygen atoms in total. The van der Waals surface area contributed by atoms with E-state index in [1.165, 1.54) is 0 Å². The van der Waals surface area contributed by atoms with Gasteiger partial charge in [0, 0.05) is 18.6 Å². The summed E-state index contributed by atoms with van der Waals surface area (Å²) in [7, 11) is 0. The summed E-state index contributed by atoms with van der Waals surface area (Å²) in [5.74, 6) is 0. The second-order valence-electron chi connectivity index (χ2n) is 3.07. The van der Waals surface area contributed by atoms with Crippen LogP contribution < -0.4 is 0 Å². The van der Waals surface area contributed by atoms with Gasteiger partial charge in [-0.1, -0.05) is 6.92 Å². The van der Waals surface area contributed by atoms with Gasteiger partial charge in [0.1, 0.15) is 0 Å². The van der Waals surface area contributed by atoms with Gasteiger partial charge in [0.05, 0.1) is 13.2 Å². The lowest BCUT2D eigenvalue weighted by Gasteiger charge is -2.23. The monoisotopic (exact) mass is 162 g/mol. The first kappa shape index (κ1) is 10.9. The van der Waals surface area contributed by atoms with Crippen molar-refractivity contribution in [1.29, 1.82) is 0 Å². The van der Waals surface area contributed by atoms with Crippen molar-refractivity contribution < 1.29 is 14.9 Å². The van der Waals surface area contributed by atoms with E-state index in [4.69, 9.17) is 14.9 Å². The van der Waals surface area contributed by atoms with Crippen molar-refractivity contribution in [3.63, 3.8) is 0 Å². The maximum absolute atomic E-state index is 8.87. The van der Waals surface area contributed by atoms with Crippen LogP contribution in [-0.2, 0) is 4.74 Å². The van der Waals surface area contributed by atoms with Gasteiger partial charge in [0.25, 0.3) is 0 Å². The summed E-state index contributed by atoms with van der Waals surface area (Å²) in [4.78, 5) is 0. The van der Waals surface area contributed by atoms with Crippen LogP contribution in [0.1, 0.15) is 20.3 Å². The molecule has 0 aliphatic carbocycles. The first-order valence-electron chi connectivity index (χ1n) is 3.98. The average Bonchev–Trinajstić information content (AvgIpc) is 2.05. The Morgan fingerprint density at radius 1 is 1.27 bits per heavy atom. The van der Waals surface area contributed by atoms with E-state index in [9.17, 15) is 0 Å². The molecule has 0 rings (SSSR count). The van der Waals surface area contributed by atoms with Crippen LogP contribution in [0, 0.1) is 5.41 Å². The zero-order chi connectivity index (χ0) is 8.74. The molecule has 0 aromatic rings. The summed E-state index contributed by atoms with van der Waals surface area (Å²) in [6.07, 6.45) is 0.702. The Bertz CT molecular complexity index is 89.3. The Morgan fingerprint density at radius 3 is 2.18 bits per heavy atom. The number of hydrogen-bond donors (Lipinski definition) is 2. The fourth-order valence-corrected chi connectivity index (χ4v) is 0.671. The molecule has 0 aliphatic rings. The molecule has 2 N–H and O–H groups in total. The molecule has 0 unspecified atom stereocenters. The van der Waals surface area contributed by atoms with Crippen molar-refractivity contribution in [3.8, 4) is 0 Å². The largest absolute Gasteiger partial charge is 0.396 e. The van der Waals surface area contributed by atoms with E-state index in [-0.39, 0.29) is 18.6 Å². The maximum atomic E-state index is 8.87. The minimum Gasteiger partial charge on any atom is -0.396 e. The highest BCUT2D eigenvalue weighted by Crippen LogP contribution is 2.18. The Morgan fingerprint density at radius 2 is 1.82 bits per heavy atom. The van der Waals surface area contributed by atoms with E-state index < -0.39 is 0 Å². The molecule has 11 heavy (non-hydrogen) atoms. The van der Waals surface area contributed by atoms with E-state index in [1.54, 1.807) is 0 Å². The third-order valence-corrected chi connectivity index (χ3v) is 1.82. The van der Waals surface area contributed by atoms with Gasteiger partial charge in [-0.15, -0.1) is 0 Å². The molecule has 68 valence electrons. The Kier molecular flexibility index (Phi) is 5.46. The van der Waals surface area contributed by atoms with E-state index >= 15 is 0 Å². The number of aliphatic hydroxyl groups excluding tert-OH is 2. The summed E-state index contributed by atoms with van der Waals surface area (Å²) in [6.45, 7) is 5.08. The van der Waals surface area contributed by atoms with Crippen LogP contribution in [0.4, 0.5) is 0 Å². The molecule has 0 fully saturated rings. The minimum absolute atomic E-state index is 0.0105. The molecule has 0 spiro atoms. The highest BCUT2D eigenvalue weighted by molar-refractivity contribution is 4.71. The van der Waals surface area contributed by atoms with Crippen molar-refractivity contribution in [2.45, 2.75) is 20.3 Å². The van der Waals surface area contributed by atoms with Crippen LogP contribution in [0.5, 0.6) is 0 Å². The summed E-state index contributed by atoms with van der Waals surface area (Å²) >= 11 is 0. The van der Waals surface area contributed by atoms with Crippen LogP contribution in [0.25, 0.3) is 0 Å². The van der Waals surface area contributed by atoms with Crippen molar-refractivity contribution in [2.75, 3.05) is 26.4 Å². The maximum Gasteiger partial charge on any atom is 0.0507 e. The van der Waals surface area contributed by atoms with Crippen LogP contribution in [0.2, 0.25) is 0 Å². The molecule has 0 aliphatic heterocycles. The topological polar surface area (TPSA) is 49.7 Å². The number of rotatable bonds is 6. The fraction of sp³-hybridized carbons (Fsp3) is 1.00. The Labute approximate surface area is 68.0 Å². The highest BCUT2D eigenvalue weighted by atomic mass is 16.5. The predicted octanol–water partition coefficient (Wildman–Crippen LogP) is 0.404. The molecule has 3 heteroatoms. The molecule has 0 radical (unpaired) electrons. The van der Waals surface area contributed by atoms with Gasteiger partial charge in [0.2, 0.25) is 0 Å². The zero-order valence-electron chi connectivity index (χ0n) is 7.34. The standard InChI is InChI=1S/C8H18O3/c1-3-11-5-4-8(2,6-9)7-10/h9-10H,3-7H2,1-2H3. The molecule has 0 aromatic heterocycles. The average molecular weight is 162 g/mol. The second kappa shape index (κ2) is 5.52. The van der Waals surface area contributed by atoms with E-state index in [2.05, 4.69) is 0 Å². The van der Waals surface area contributed by atoms with Gasteiger partial charge in [-0.05, 0) is 13.3 Å². The predicted molar refractivity (Wildman–Crippen MR) is 43.4 cm³/mol. The van der Waals surface area contributed by atoms with Gasteiger partial charge in [-0.25, -0.2) is 0 Å². The third-order valence-electron chi connectivity index (χ3n) is 1.82. The smallest absolute Gasteiger partial charge is 0.0507 e. The van der Waals surface area contributed by atoms with Crippen molar-refractivity contribution in [2.24, 2.45) is 5.41 Å². The lowest BCUT2D eigenvalue weighted by molar-refractivity contribution is 0.0306. The summed E-state index contributed by atoms with van der Waals surface area (Å²) in [6, 6.07) is 0. The molecular weight excluding hydrogens is 144 g/mol. The molecule has 0 amide bonds. The molecule has 0 aromatic carbocycles. The quantitative estimate of drug-likeness (QED) is 0.556. The molecule has 0 saturated heterocycles. The van der Waals surface area contributed by atoms with E-state index in [1.807, 2.05) is 13.8 Å². The van der Waals surface area contributed by atoms with Gasteiger partial charge in [0.15, 0.2) is 0 Å². The first-order valence-corrected chi connectivity index (χ1v) is 3.98. The van der Waals surface area contributed by atoms with Crippen LogP contribution in [0.15, 0.2) is 0 Å². The van der Waals surface area contributed by atoms with Crippen LogP contribution >= 0.6 is 0 Å². The summed E-state index contributed by atoms with van der Waals surface area (Å²) < 4.78 is 5.11. The minimum atomic E-state index is -0.380. The number of hydrogen-bond acceptors (Lipinski definition) is 3. The molecular formula is C8H18O3. The van der Waals surface area contributed by atoms with Crippen molar-refractivity contribution in [3.05, 3.63) is 0 Å². The van der Waals surface area contributed by atoms with Crippen molar-refractivity contribution >= 4 is 0 Å². The van der Waals surface area contributed by atoms with Crippen LogP contribution in [-0.4, -0.2) is 36.6 Å². The summed E-state index contributed by atoms with van der Waals surface area (Å²) in [5.41, 5.74) is -0.380. The Balaban J connectivity index is 3.51. The molecule has 0 atom stereocenters. The summed E-state index contributed by atoms with van der Waals surface area (Å²) in [5, 5.41) is 17.7. The molecule has 0 bridgehead atoms. The second-order valence-corrected chi connectivity index (χ2v) is 3.07. The first-order chi connectivity index (χ1) is 5.18. The molecule has 0 heterocycles. The van der Waals surface area contributed by atoms with Gasteiger partial charge < -0.3 is 14.9 Å². The Hall–Kier alpha value is -0.120. The lowest BCUT2D eigenvalue weighted by atomic mass is 9.89. The van der Waals surface area contributed by atoms with E-state index in [0.29, 0.717) is 19.6 Å². The normalized spacial score (nSPS) is 12.0. The third kappa shape index (κ3) is 4.35. The van der Waals surface area contributed by atoms with Crippen molar-refractivity contribution in [1.82, 2.24) is 0 Å². The van der Waals surface area contributed by atoms with Gasteiger partial charge >= 0.3 is 0 Å². The van der Waals surface area contributed by atoms with Gasteiger partial charge in [-0.2, -0.15) is 0 Å². The number of ether oxygens (including phenoxy) is 1. The zero-order valence-corrected chi connectivity index (χ0v) is 7.34. The van der Waals surface area contributed by atoms with Gasteiger partial charge in [-0.3, -0.25) is 0 Å². The molecule has 0 saturated carbocycles. The highest BCUT2D eigenvalue weighted by Gasteiger charge is 2.21. The number of aliphatic hydroxyl groups is 2. The SMILES string of the molecule is CCOCCC(C)(CO)CO.